The molecule has 2 aromatic carbocycles. The van der Waals surface area contributed by atoms with Crippen LogP contribution in [0.4, 0.5) is 10.2 Å². The molecule has 3 unspecified atom stereocenters. The maximum atomic E-state index is 15.3. The molecule has 7 atom stereocenters. The maximum absolute atomic E-state index is 15.3. The van der Waals surface area contributed by atoms with Crippen LogP contribution in [0, 0.1) is 5.92 Å². The van der Waals surface area contributed by atoms with E-state index in [9.17, 15) is 23.9 Å². The molecule has 1 fully saturated rings. The van der Waals surface area contributed by atoms with Crippen molar-refractivity contribution >= 4 is 50.1 Å². The number of alkyl halides is 1. The van der Waals surface area contributed by atoms with Crippen molar-refractivity contribution in [3.8, 4) is 5.75 Å². The van der Waals surface area contributed by atoms with E-state index in [0.717, 1.165) is 10.9 Å². The van der Waals surface area contributed by atoms with E-state index in [1.165, 1.54) is 12.1 Å². The molecule has 3 heterocycles. The quantitative estimate of drug-likeness (QED) is 0.0806. The van der Waals surface area contributed by atoms with Crippen molar-refractivity contribution in [2.75, 3.05) is 12.3 Å². The van der Waals surface area contributed by atoms with E-state index in [-0.39, 0.29) is 34.6 Å². The number of carbonyl (C=O) groups is 1. The molecule has 4 aromatic rings. The Kier molecular flexibility index (Phi) is 11.1. The highest BCUT2D eigenvalue weighted by molar-refractivity contribution is 7.63. The number of para-hydroxylation sites is 1. The van der Waals surface area contributed by atoms with Crippen LogP contribution < -0.4 is 15.3 Å². The molecule has 1 saturated heterocycles. The molecule has 0 spiro atoms. The number of nitrogens with zero attached hydrogens (tertiary/aromatic N) is 4. The van der Waals surface area contributed by atoms with Crippen molar-refractivity contribution in [3.63, 3.8) is 0 Å². The number of aliphatic hydroxyl groups is 1. The summed E-state index contributed by atoms with van der Waals surface area (Å²) in [6, 6.07) is 15.0. The van der Waals surface area contributed by atoms with Gasteiger partial charge >= 0.3 is 21.5 Å². The van der Waals surface area contributed by atoms with Crippen LogP contribution in [0.3, 0.4) is 0 Å². The van der Waals surface area contributed by atoms with Gasteiger partial charge in [0, 0.05) is 0 Å². The number of imidazole rings is 1. The monoisotopic (exact) mass is 728 g/mol. The Hall–Kier alpha value is -3.50. The number of nitrogens with one attached hydrogen (secondary N) is 1. The van der Waals surface area contributed by atoms with Crippen molar-refractivity contribution in [1.29, 1.82) is 0 Å². The van der Waals surface area contributed by atoms with Gasteiger partial charge in [0.25, 0.3) is 0 Å². The largest absolute Gasteiger partial charge is 0.481 e. The van der Waals surface area contributed by atoms with Gasteiger partial charge in [0.2, 0.25) is 5.28 Å². The minimum atomic E-state index is -5.35. The number of fused-ring (bicyclic) bond motifs is 1. The number of ether oxygens (including phenoxy) is 2. The number of carbonyl (C=O) groups excluding carboxylic acids is 1. The Morgan fingerprint density at radius 3 is 2.48 bits per heavy atom. The molecule has 48 heavy (non-hydrogen) atoms. The van der Waals surface area contributed by atoms with Gasteiger partial charge in [-0.1, -0.05) is 62.4 Å². The van der Waals surface area contributed by atoms with E-state index in [0.29, 0.717) is 5.56 Å². The Morgan fingerprint density at radius 2 is 1.81 bits per heavy atom. The number of halogens is 2. The SMILES string of the molecule is CC(C)[C@H](NP(=O)(Oc1ccccc1)OP(=O)(O)OC[C@H]1O[C@@H](n2cnc3c(N)nc(Cl)nc32)[C@H](F)C1O)C(=O)OCc1ccccc1. The summed E-state index contributed by atoms with van der Waals surface area (Å²) >= 11 is 5.88. The molecule has 258 valence electrons. The van der Waals surface area contributed by atoms with Crippen LogP contribution >= 0.6 is 27.2 Å². The molecular formula is C28H32ClFN6O10P2. The van der Waals surface area contributed by atoms with Crippen molar-refractivity contribution in [1.82, 2.24) is 24.6 Å². The van der Waals surface area contributed by atoms with Crippen LogP contribution in [-0.4, -0.2) is 66.5 Å². The number of rotatable bonds is 14. The first-order valence-corrected chi connectivity index (χ1v) is 17.8. The lowest BCUT2D eigenvalue weighted by Crippen LogP contribution is -2.41. The smallest absolute Gasteiger partial charge is 0.460 e. The zero-order chi connectivity index (χ0) is 34.6. The highest BCUT2D eigenvalue weighted by Crippen LogP contribution is 2.61. The molecule has 0 bridgehead atoms. The van der Waals surface area contributed by atoms with E-state index in [1.54, 1.807) is 62.4 Å². The molecule has 0 aliphatic carbocycles. The lowest BCUT2D eigenvalue weighted by Gasteiger charge is -2.27. The third kappa shape index (κ3) is 8.55. The van der Waals surface area contributed by atoms with Gasteiger partial charge in [-0.05, 0) is 35.2 Å². The van der Waals surface area contributed by atoms with Gasteiger partial charge in [-0.25, -0.2) is 18.5 Å². The summed E-state index contributed by atoms with van der Waals surface area (Å²) in [5.74, 6) is -1.52. The van der Waals surface area contributed by atoms with Gasteiger partial charge in [-0.3, -0.25) is 13.9 Å². The maximum Gasteiger partial charge on any atom is 0.481 e. The van der Waals surface area contributed by atoms with E-state index < -0.39 is 64.7 Å². The Labute approximate surface area is 278 Å². The fourth-order valence-electron chi connectivity index (χ4n) is 4.64. The Morgan fingerprint density at radius 1 is 1.15 bits per heavy atom. The summed E-state index contributed by atoms with van der Waals surface area (Å²) in [7, 11) is -10.3. The first kappa shape index (κ1) is 35.8. The van der Waals surface area contributed by atoms with E-state index >= 15 is 4.39 Å². The van der Waals surface area contributed by atoms with Gasteiger partial charge in [0.1, 0.15) is 36.1 Å². The van der Waals surface area contributed by atoms with Crippen LogP contribution in [0.2, 0.25) is 5.28 Å². The number of phosphoric ester groups is 1. The summed E-state index contributed by atoms with van der Waals surface area (Å²) < 4.78 is 70.1. The number of anilines is 1. The third-order valence-corrected chi connectivity index (χ3v) is 10.4. The van der Waals surface area contributed by atoms with Crippen molar-refractivity contribution in [3.05, 3.63) is 77.8 Å². The topological polar surface area (TPSA) is 219 Å². The lowest BCUT2D eigenvalue weighted by molar-refractivity contribution is -0.148. The zero-order valence-corrected chi connectivity index (χ0v) is 28.0. The second-order valence-electron chi connectivity index (χ2n) is 10.9. The fourth-order valence-corrected chi connectivity index (χ4v) is 7.94. The minimum absolute atomic E-state index is 0.0113. The van der Waals surface area contributed by atoms with Gasteiger partial charge in [0.05, 0.1) is 12.9 Å². The third-order valence-electron chi connectivity index (χ3n) is 7.01. The summed E-state index contributed by atoms with van der Waals surface area (Å²) in [5.41, 5.74) is 6.61. The molecule has 20 heteroatoms. The highest BCUT2D eigenvalue weighted by Gasteiger charge is 2.48. The normalized spacial score (nSPS) is 22.6. The van der Waals surface area contributed by atoms with Crippen LogP contribution in [0.5, 0.6) is 5.75 Å². The average molecular weight is 729 g/mol. The molecule has 0 saturated carbocycles. The van der Waals surface area contributed by atoms with Gasteiger partial charge < -0.3 is 29.7 Å². The van der Waals surface area contributed by atoms with Crippen LogP contribution in [0.25, 0.3) is 11.2 Å². The molecular weight excluding hydrogens is 697 g/mol. The summed E-state index contributed by atoms with van der Waals surface area (Å²) in [4.78, 5) is 35.5. The molecule has 16 nitrogen and oxygen atoms in total. The number of aromatic nitrogens is 4. The molecule has 0 radical (unpaired) electrons. The number of hydrogen-bond donors (Lipinski definition) is 4. The van der Waals surface area contributed by atoms with Gasteiger partial charge in [-0.15, -0.1) is 0 Å². The van der Waals surface area contributed by atoms with Crippen molar-refractivity contribution in [2.45, 2.75) is 51.1 Å². The second kappa shape index (κ2) is 14.9. The van der Waals surface area contributed by atoms with E-state index in [1.807, 2.05) is 0 Å². The van der Waals surface area contributed by atoms with Crippen LogP contribution in [0.1, 0.15) is 25.6 Å². The number of phosphoric acid groups is 1. The number of hydrogen-bond acceptors (Lipinski definition) is 13. The second-order valence-corrected chi connectivity index (χ2v) is 14.5. The fraction of sp³-hybridized carbons (Fsp3) is 0.357. The molecule has 5 N–H and O–H groups in total. The summed E-state index contributed by atoms with van der Waals surface area (Å²) in [6.45, 7) is 2.22. The Balaban J connectivity index is 1.30. The van der Waals surface area contributed by atoms with E-state index in [2.05, 4.69) is 20.0 Å². The molecule has 1 aliphatic rings. The first-order valence-electron chi connectivity index (χ1n) is 14.4. The van der Waals surface area contributed by atoms with E-state index in [4.69, 9.17) is 40.2 Å². The molecule has 1 aliphatic heterocycles. The van der Waals surface area contributed by atoms with Gasteiger partial charge in [0.15, 0.2) is 23.9 Å². The molecule has 2 aromatic heterocycles. The van der Waals surface area contributed by atoms with Gasteiger partial charge in [-0.2, -0.15) is 19.4 Å². The first-order chi connectivity index (χ1) is 22.7. The summed E-state index contributed by atoms with van der Waals surface area (Å²) in [5, 5.41) is 12.7. The standard InChI is InChI=1S/C28H32ClFN6O10P2/c1-16(2)21(27(38)42-13-17-9-5-3-6-10-17)35-47(39,45-18-11-7-4-8-12-18)46-48(40,41)43-14-19-23(37)20(30)26(44-19)36-15-32-22-24(31)33-28(29)34-25(22)36/h3-12,15-16,19-21,23,26,37H,13-14H2,1-2H3,(H,35,39)(H,40,41)(H2,31,33,34)/t19-,20-,21+,23?,26-,47?/m1/s1. The molecule has 0 amide bonds. The predicted octanol–water partition coefficient (Wildman–Crippen LogP) is 4.34. The minimum Gasteiger partial charge on any atom is -0.460 e. The predicted molar refractivity (Wildman–Crippen MR) is 169 cm³/mol. The number of nitrogen functional groups attached to an aromatic ring is 1. The Bertz CT molecular complexity index is 1820. The van der Waals surface area contributed by atoms with Crippen molar-refractivity contribution in [2.24, 2.45) is 5.92 Å². The zero-order valence-electron chi connectivity index (χ0n) is 25.4. The van der Waals surface area contributed by atoms with Crippen molar-refractivity contribution < 1.29 is 51.1 Å². The molecule has 5 rings (SSSR count). The number of aliphatic hydroxyl groups excluding tert-OH is 1. The highest BCUT2D eigenvalue weighted by atomic mass is 35.5. The number of nitrogens with two attached hydrogens (primary N) is 1. The number of esters is 1. The van der Waals surface area contributed by atoms with Crippen LogP contribution in [-0.2, 0) is 38.8 Å². The number of benzene rings is 2. The lowest BCUT2D eigenvalue weighted by atomic mass is 10.1. The average Bonchev–Trinajstić information content (AvgIpc) is 3.58. The summed E-state index contributed by atoms with van der Waals surface area (Å²) in [6.07, 6.45) is -5.85. The van der Waals surface area contributed by atoms with Crippen LogP contribution in [0.15, 0.2) is 67.0 Å².